The largest absolute Gasteiger partial charge is 0.435 e. The van der Waals surface area contributed by atoms with E-state index < -0.39 is 17.9 Å². The number of fused-ring (bicyclic) bond motifs is 1. The Labute approximate surface area is 127 Å². The summed E-state index contributed by atoms with van der Waals surface area (Å²) < 4.78 is 28.6. The van der Waals surface area contributed by atoms with Gasteiger partial charge in [-0.15, -0.1) is 0 Å². The zero-order chi connectivity index (χ0) is 16.6. The van der Waals surface area contributed by atoms with E-state index in [-0.39, 0.29) is 11.3 Å². The van der Waals surface area contributed by atoms with Gasteiger partial charge in [-0.25, -0.2) is 9.78 Å². The molecule has 0 saturated heterocycles. The molecule has 0 amide bonds. The van der Waals surface area contributed by atoms with Gasteiger partial charge in [-0.1, -0.05) is 0 Å². The summed E-state index contributed by atoms with van der Waals surface area (Å²) in [7, 11) is 0. The third-order valence-electron chi connectivity index (χ3n) is 3.27. The number of nitrogens with one attached hydrogen (secondary N) is 2. The lowest BCUT2D eigenvalue weighted by atomic mass is 10.1. The Morgan fingerprint density at radius 1 is 1.13 bits per heavy atom. The van der Waals surface area contributed by atoms with Gasteiger partial charge >= 0.3 is 12.3 Å². The molecule has 2 aromatic heterocycles. The summed E-state index contributed by atoms with van der Waals surface area (Å²) in [5.74, 6) is 0.0310. The van der Waals surface area contributed by atoms with E-state index in [1.54, 1.807) is 25.1 Å². The average molecular weight is 319 g/mol. The summed E-state index contributed by atoms with van der Waals surface area (Å²) in [5, 5.41) is 0. The standard InChI is InChI=1S/C15H11F2N3O3/c1-7-6-10(8-2-4-9(5-3-8)23-14(16)17)18-12-11(7)19-15(22)20-13(12)21/h2-6,14H,1H3,(H2,19,20,21,22). The molecular weight excluding hydrogens is 308 g/mol. The number of aromatic amines is 2. The van der Waals surface area contributed by atoms with Gasteiger partial charge in [0.2, 0.25) is 0 Å². The molecule has 3 rings (SSSR count). The summed E-state index contributed by atoms with van der Waals surface area (Å²) in [5.41, 5.74) is 1.05. The number of halogens is 2. The Morgan fingerprint density at radius 2 is 1.83 bits per heavy atom. The second kappa shape index (κ2) is 5.64. The molecule has 0 aliphatic rings. The second-order valence-electron chi connectivity index (χ2n) is 4.86. The first-order chi connectivity index (χ1) is 10.9. The Balaban J connectivity index is 2.10. The number of benzene rings is 1. The fraction of sp³-hybridized carbons (Fsp3) is 0.133. The maximum atomic E-state index is 12.1. The van der Waals surface area contributed by atoms with Crippen molar-refractivity contribution in [2.24, 2.45) is 0 Å². The predicted molar refractivity (Wildman–Crippen MR) is 79.8 cm³/mol. The summed E-state index contributed by atoms with van der Waals surface area (Å²) in [4.78, 5) is 32.1. The monoisotopic (exact) mass is 319 g/mol. The highest BCUT2D eigenvalue weighted by molar-refractivity contribution is 5.80. The summed E-state index contributed by atoms with van der Waals surface area (Å²) in [6.07, 6.45) is 0. The number of alkyl halides is 2. The highest BCUT2D eigenvalue weighted by atomic mass is 19.3. The number of pyridine rings is 1. The van der Waals surface area contributed by atoms with E-state index >= 15 is 0 Å². The lowest BCUT2D eigenvalue weighted by molar-refractivity contribution is -0.0498. The van der Waals surface area contributed by atoms with Gasteiger partial charge < -0.3 is 9.72 Å². The van der Waals surface area contributed by atoms with Crippen molar-refractivity contribution in [1.82, 2.24) is 15.0 Å². The quantitative estimate of drug-likeness (QED) is 0.774. The van der Waals surface area contributed by atoms with Crippen LogP contribution in [0, 0.1) is 6.92 Å². The van der Waals surface area contributed by atoms with E-state index in [1.165, 1.54) is 12.1 Å². The van der Waals surface area contributed by atoms with Crippen LogP contribution in [-0.2, 0) is 0 Å². The van der Waals surface area contributed by atoms with Gasteiger partial charge in [0.1, 0.15) is 5.75 Å². The maximum Gasteiger partial charge on any atom is 0.387 e. The lowest BCUT2D eigenvalue weighted by Gasteiger charge is -2.07. The topological polar surface area (TPSA) is 87.8 Å². The first kappa shape index (κ1) is 14.9. The van der Waals surface area contributed by atoms with E-state index in [0.717, 1.165) is 0 Å². The van der Waals surface area contributed by atoms with E-state index in [4.69, 9.17) is 0 Å². The molecule has 0 fully saturated rings. The van der Waals surface area contributed by atoms with Crippen LogP contribution >= 0.6 is 0 Å². The molecule has 8 heteroatoms. The zero-order valence-corrected chi connectivity index (χ0v) is 11.9. The number of aryl methyl sites for hydroxylation is 1. The third kappa shape index (κ3) is 2.96. The minimum Gasteiger partial charge on any atom is -0.435 e. The molecule has 0 aliphatic heterocycles. The number of hydrogen-bond acceptors (Lipinski definition) is 4. The van der Waals surface area contributed by atoms with Gasteiger partial charge in [0.05, 0.1) is 11.2 Å². The molecule has 6 nitrogen and oxygen atoms in total. The van der Waals surface area contributed by atoms with Crippen LogP contribution in [-0.4, -0.2) is 21.6 Å². The second-order valence-corrected chi connectivity index (χ2v) is 4.86. The molecule has 2 N–H and O–H groups in total. The minimum atomic E-state index is -2.89. The number of rotatable bonds is 3. The maximum absolute atomic E-state index is 12.1. The van der Waals surface area contributed by atoms with Crippen molar-refractivity contribution in [3.63, 3.8) is 0 Å². The summed E-state index contributed by atoms with van der Waals surface area (Å²) in [6.45, 7) is -1.16. The van der Waals surface area contributed by atoms with E-state index in [0.29, 0.717) is 22.3 Å². The fourth-order valence-corrected chi connectivity index (χ4v) is 2.26. The van der Waals surface area contributed by atoms with Crippen LogP contribution < -0.4 is 16.0 Å². The van der Waals surface area contributed by atoms with Gasteiger partial charge in [0, 0.05) is 5.56 Å². The molecule has 0 unspecified atom stereocenters. The molecule has 0 bridgehead atoms. The molecule has 0 saturated carbocycles. The third-order valence-corrected chi connectivity index (χ3v) is 3.27. The van der Waals surface area contributed by atoms with Crippen LogP contribution in [0.25, 0.3) is 22.3 Å². The number of hydrogen-bond donors (Lipinski definition) is 2. The molecule has 0 atom stereocenters. The first-order valence-electron chi connectivity index (χ1n) is 6.63. The number of aromatic nitrogens is 3. The normalized spacial score (nSPS) is 11.1. The Morgan fingerprint density at radius 3 is 2.48 bits per heavy atom. The van der Waals surface area contributed by atoms with Crippen LogP contribution in [0.15, 0.2) is 39.9 Å². The lowest BCUT2D eigenvalue weighted by Crippen LogP contribution is -2.23. The zero-order valence-electron chi connectivity index (χ0n) is 11.9. The van der Waals surface area contributed by atoms with Crippen LogP contribution in [0.5, 0.6) is 5.75 Å². The summed E-state index contributed by atoms with van der Waals surface area (Å²) >= 11 is 0. The van der Waals surface area contributed by atoms with Crippen LogP contribution in [0.3, 0.4) is 0 Å². The highest BCUT2D eigenvalue weighted by Gasteiger charge is 2.10. The Kier molecular flexibility index (Phi) is 3.65. The van der Waals surface area contributed by atoms with Crippen molar-refractivity contribution >= 4 is 11.0 Å². The molecule has 3 aromatic rings. The van der Waals surface area contributed by atoms with Crippen molar-refractivity contribution in [3.05, 3.63) is 56.7 Å². The SMILES string of the molecule is Cc1cc(-c2ccc(OC(F)F)cc2)nc2c(=O)[nH]c(=O)[nH]c12. The molecule has 118 valence electrons. The fourth-order valence-electron chi connectivity index (χ4n) is 2.26. The van der Waals surface area contributed by atoms with Gasteiger partial charge in [-0.05, 0) is 42.8 Å². The van der Waals surface area contributed by atoms with E-state index in [1.807, 2.05) is 0 Å². The molecule has 2 heterocycles. The Bertz CT molecular complexity index is 978. The Hall–Kier alpha value is -3.03. The van der Waals surface area contributed by atoms with Crippen LogP contribution in [0.4, 0.5) is 8.78 Å². The van der Waals surface area contributed by atoms with Crippen LogP contribution in [0.2, 0.25) is 0 Å². The van der Waals surface area contributed by atoms with E-state index in [2.05, 4.69) is 19.7 Å². The average Bonchev–Trinajstić information content (AvgIpc) is 2.48. The highest BCUT2D eigenvalue weighted by Crippen LogP contribution is 2.24. The summed E-state index contributed by atoms with van der Waals surface area (Å²) in [6, 6.07) is 7.59. The van der Waals surface area contributed by atoms with Gasteiger partial charge in [0.25, 0.3) is 5.56 Å². The van der Waals surface area contributed by atoms with Gasteiger partial charge in [0.15, 0.2) is 5.52 Å². The first-order valence-corrected chi connectivity index (χ1v) is 6.63. The van der Waals surface area contributed by atoms with Gasteiger partial charge in [-0.2, -0.15) is 8.78 Å². The predicted octanol–water partition coefficient (Wildman–Crippen LogP) is 2.19. The molecule has 0 radical (unpaired) electrons. The van der Waals surface area contributed by atoms with Crippen molar-refractivity contribution in [3.8, 4) is 17.0 Å². The number of nitrogens with zero attached hydrogens (tertiary/aromatic N) is 1. The van der Waals surface area contributed by atoms with E-state index in [9.17, 15) is 18.4 Å². The smallest absolute Gasteiger partial charge is 0.387 e. The van der Waals surface area contributed by atoms with Crippen molar-refractivity contribution in [2.75, 3.05) is 0 Å². The number of ether oxygens (including phenoxy) is 1. The molecular formula is C15H11F2N3O3. The molecule has 23 heavy (non-hydrogen) atoms. The van der Waals surface area contributed by atoms with Crippen LogP contribution in [0.1, 0.15) is 5.56 Å². The minimum absolute atomic E-state index is 0.0310. The molecule has 0 spiro atoms. The molecule has 1 aromatic carbocycles. The van der Waals surface area contributed by atoms with Gasteiger partial charge in [-0.3, -0.25) is 9.78 Å². The molecule has 0 aliphatic carbocycles. The van der Waals surface area contributed by atoms with Crippen molar-refractivity contribution < 1.29 is 13.5 Å². The number of H-pyrrole nitrogens is 2. The van der Waals surface area contributed by atoms with Crippen molar-refractivity contribution in [2.45, 2.75) is 13.5 Å². The van der Waals surface area contributed by atoms with Crippen molar-refractivity contribution in [1.29, 1.82) is 0 Å².